The molecule has 1 aliphatic heterocycles. The Bertz CT molecular complexity index is 834. The number of hydrogen-bond donors (Lipinski definition) is 0. The van der Waals surface area contributed by atoms with E-state index in [1.54, 1.807) is 0 Å². The summed E-state index contributed by atoms with van der Waals surface area (Å²) in [5.74, 6) is 3.55. The molecule has 2 fully saturated rings. The third-order valence-corrected chi connectivity index (χ3v) is 6.45. The first-order valence-electron chi connectivity index (χ1n) is 11.3. The van der Waals surface area contributed by atoms with Crippen molar-refractivity contribution >= 4 is 11.5 Å². The number of ether oxygens (including phenoxy) is 2. The lowest BCUT2D eigenvalue weighted by Gasteiger charge is -2.40. The Morgan fingerprint density at radius 2 is 1.67 bits per heavy atom. The molecule has 0 radical (unpaired) electrons. The van der Waals surface area contributed by atoms with Crippen LogP contribution in [0.15, 0.2) is 48.5 Å². The first kappa shape index (κ1) is 20.8. The highest BCUT2D eigenvalue weighted by Crippen LogP contribution is 2.36. The number of nitrogens with zero attached hydrogens (tertiary/aromatic N) is 1. The minimum absolute atomic E-state index is 0.210. The molecule has 1 saturated carbocycles. The third-order valence-electron chi connectivity index (χ3n) is 6.45. The van der Waals surface area contributed by atoms with Crippen molar-refractivity contribution in [3.63, 3.8) is 0 Å². The maximum absolute atomic E-state index is 12.4. The third kappa shape index (κ3) is 4.80. The molecule has 0 aromatic heterocycles. The van der Waals surface area contributed by atoms with E-state index in [1.165, 1.54) is 11.3 Å². The van der Waals surface area contributed by atoms with Gasteiger partial charge in [0, 0.05) is 18.0 Å². The molecular weight excluding hydrogens is 374 g/mol. The van der Waals surface area contributed by atoms with E-state index >= 15 is 0 Å². The van der Waals surface area contributed by atoms with E-state index in [4.69, 9.17) is 9.47 Å². The summed E-state index contributed by atoms with van der Waals surface area (Å²) in [4.78, 5) is 14.7. The molecule has 1 aliphatic carbocycles. The van der Waals surface area contributed by atoms with Gasteiger partial charge in [-0.15, -0.1) is 0 Å². The summed E-state index contributed by atoms with van der Waals surface area (Å²) in [6, 6.07) is 16.5. The molecule has 4 nitrogen and oxygen atoms in total. The van der Waals surface area contributed by atoms with Crippen LogP contribution >= 0.6 is 0 Å². The van der Waals surface area contributed by atoms with Crippen molar-refractivity contribution in [2.24, 2.45) is 11.8 Å². The highest BCUT2D eigenvalue weighted by atomic mass is 16.5. The van der Waals surface area contributed by atoms with Gasteiger partial charge in [0.05, 0.1) is 19.7 Å². The summed E-state index contributed by atoms with van der Waals surface area (Å²) >= 11 is 0. The topological polar surface area (TPSA) is 38.8 Å². The van der Waals surface area contributed by atoms with Gasteiger partial charge in [-0.05, 0) is 73.6 Å². The summed E-state index contributed by atoms with van der Waals surface area (Å²) in [6.07, 6.45) is 3.01. The molecule has 0 amide bonds. The Morgan fingerprint density at radius 3 is 2.27 bits per heavy atom. The molecule has 1 atom stereocenters. The van der Waals surface area contributed by atoms with Crippen LogP contribution in [0, 0.1) is 11.8 Å². The Kier molecular flexibility index (Phi) is 6.31. The lowest BCUT2D eigenvalue weighted by molar-refractivity contribution is -0.126. The summed E-state index contributed by atoms with van der Waals surface area (Å²) in [5, 5.41) is 0. The van der Waals surface area contributed by atoms with Gasteiger partial charge < -0.3 is 14.4 Å². The number of anilines is 1. The molecule has 4 rings (SSSR count). The lowest BCUT2D eigenvalue weighted by atomic mass is 9.72. The average molecular weight is 408 g/mol. The Morgan fingerprint density at radius 1 is 1.03 bits per heavy atom. The first-order chi connectivity index (χ1) is 14.5. The smallest absolute Gasteiger partial charge is 0.136 e. The van der Waals surface area contributed by atoms with E-state index in [-0.39, 0.29) is 12.0 Å². The quantitative estimate of drug-likeness (QED) is 0.553. The van der Waals surface area contributed by atoms with E-state index in [1.807, 2.05) is 31.2 Å². The lowest BCUT2D eigenvalue weighted by Crippen LogP contribution is -2.54. The molecule has 2 aromatic rings. The van der Waals surface area contributed by atoms with Crippen molar-refractivity contribution < 1.29 is 14.3 Å². The molecule has 4 heteroatoms. The average Bonchev–Trinajstić information content (AvgIpc) is 2.69. The van der Waals surface area contributed by atoms with Gasteiger partial charge in [0.1, 0.15) is 23.4 Å². The largest absolute Gasteiger partial charge is 0.494 e. The van der Waals surface area contributed by atoms with Gasteiger partial charge in [-0.1, -0.05) is 26.0 Å². The Hall–Kier alpha value is -2.49. The summed E-state index contributed by atoms with van der Waals surface area (Å²) in [7, 11) is 0. The number of benzene rings is 2. The van der Waals surface area contributed by atoms with Gasteiger partial charge >= 0.3 is 0 Å². The zero-order valence-electron chi connectivity index (χ0n) is 18.3. The highest BCUT2D eigenvalue weighted by Gasteiger charge is 2.32. The number of ketones is 1. The molecule has 1 heterocycles. The monoisotopic (exact) mass is 407 g/mol. The van der Waals surface area contributed by atoms with E-state index in [0.717, 1.165) is 43.3 Å². The van der Waals surface area contributed by atoms with Crippen LogP contribution in [0.25, 0.3) is 0 Å². The van der Waals surface area contributed by atoms with Gasteiger partial charge in [0.2, 0.25) is 0 Å². The van der Waals surface area contributed by atoms with Gasteiger partial charge in [-0.3, -0.25) is 4.79 Å². The molecular formula is C26H33NO3. The fourth-order valence-corrected chi connectivity index (χ4v) is 4.46. The molecule has 0 N–H and O–H groups in total. The van der Waals surface area contributed by atoms with Crippen molar-refractivity contribution in [3.8, 4) is 11.5 Å². The number of carbonyl (C=O) groups excluding carboxylic acids is 1. The van der Waals surface area contributed by atoms with Gasteiger partial charge in [0.25, 0.3) is 0 Å². The molecule has 2 aromatic carbocycles. The fourth-order valence-electron chi connectivity index (χ4n) is 4.46. The minimum Gasteiger partial charge on any atom is -0.494 e. The van der Waals surface area contributed by atoms with Crippen LogP contribution in [0.4, 0.5) is 5.69 Å². The first-order valence-corrected chi connectivity index (χ1v) is 11.3. The molecule has 30 heavy (non-hydrogen) atoms. The van der Waals surface area contributed by atoms with Crippen LogP contribution < -0.4 is 14.4 Å². The minimum atomic E-state index is 0.210. The highest BCUT2D eigenvalue weighted by molar-refractivity contribution is 5.82. The maximum atomic E-state index is 12.4. The number of carbonyl (C=O) groups is 1. The molecule has 2 aliphatic rings. The van der Waals surface area contributed by atoms with Gasteiger partial charge in [0.15, 0.2) is 0 Å². The van der Waals surface area contributed by atoms with Gasteiger partial charge in [-0.25, -0.2) is 0 Å². The van der Waals surface area contributed by atoms with Crippen LogP contribution in [0.3, 0.4) is 0 Å². The van der Waals surface area contributed by atoms with Crippen molar-refractivity contribution in [3.05, 3.63) is 54.1 Å². The van der Waals surface area contributed by atoms with Crippen LogP contribution in [-0.4, -0.2) is 31.6 Å². The van der Waals surface area contributed by atoms with Gasteiger partial charge in [-0.2, -0.15) is 0 Å². The van der Waals surface area contributed by atoms with E-state index in [9.17, 15) is 4.79 Å². The predicted molar refractivity (Wildman–Crippen MR) is 121 cm³/mol. The van der Waals surface area contributed by atoms with Crippen LogP contribution in [0.2, 0.25) is 0 Å². The van der Waals surface area contributed by atoms with E-state index in [2.05, 4.69) is 43.0 Å². The van der Waals surface area contributed by atoms with E-state index in [0.29, 0.717) is 24.7 Å². The second-order valence-corrected chi connectivity index (χ2v) is 8.99. The maximum Gasteiger partial charge on any atom is 0.136 e. The van der Waals surface area contributed by atoms with Crippen molar-refractivity contribution in [2.75, 3.05) is 24.6 Å². The number of hydrogen-bond acceptors (Lipinski definition) is 4. The molecule has 0 spiro atoms. The van der Waals surface area contributed by atoms with Crippen molar-refractivity contribution in [1.82, 2.24) is 0 Å². The summed E-state index contributed by atoms with van der Waals surface area (Å²) in [5.41, 5.74) is 2.42. The zero-order chi connectivity index (χ0) is 21.1. The zero-order valence-corrected chi connectivity index (χ0v) is 18.3. The van der Waals surface area contributed by atoms with Crippen LogP contribution in [0.1, 0.15) is 51.5 Å². The predicted octanol–water partition coefficient (Wildman–Crippen LogP) is 5.46. The molecule has 0 unspecified atom stereocenters. The number of rotatable bonds is 9. The summed E-state index contributed by atoms with van der Waals surface area (Å²) < 4.78 is 11.6. The van der Waals surface area contributed by atoms with Crippen LogP contribution in [0.5, 0.6) is 11.5 Å². The second kappa shape index (κ2) is 9.11. The standard InChI is InChI=1S/C26H33NO3/c1-4-29-23-11-7-22(8-12-23)27-16-25(17-27)30-24-9-5-20(6-10-24)19(3)15-26(28)21-13-18(2)14-21/h5-12,18-19,21,25H,4,13-17H2,1-3H3/t18?,19-,21?/m1/s1. The normalized spacial score (nSPS) is 22.0. The summed E-state index contributed by atoms with van der Waals surface area (Å²) in [6.45, 7) is 8.84. The SMILES string of the molecule is CCOc1ccc(N2CC(Oc3ccc([C@H](C)CC(=O)C4CC(C)C4)cc3)C2)cc1. The Labute approximate surface area is 180 Å². The van der Waals surface area contributed by atoms with Crippen molar-refractivity contribution in [2.45, 2.75) is 52.1 Å². The molecule has 0 bridgehead atoms. The number of Topliss-reactive ketones (excluding diaryl/α,β-unsaturated/α-hetero) is 1. The Balaban J connectivity index is 1.23. The van der Waals surface area contributed by atoms with E-state index < -0.39 is 0 Å². The van der Waals surface area contributed by atoms with Crippen molar-refractivity contribution in [1.29, 1.82) is 0 Å². The fraction of sp³-hybridized carbons (Fsp3) is 0.500. The second-order valence-electron chi connectivity index (χ2n) is 8.99. The van der Waals surface area contributed by atoms with Crippen LogP contribution in [-0.2, 0) is 4.79 Å². The molecule has 1 saturated heterocycles. The molecule has 160 valence electrons.